The van der Waals surface area contributed by atoms with Gasteiger partial charge < -0.3 is 24.8 Å². The monoisotopic (exact) mass is 586 g/mol. The molecule has 0 aromatic rings. The van der Waals surface area contributed by atoms with Crippen molar-refractivity contribution in [1.82, 2.24) is 0 Å². The molecule has 2 fully saturated rings. The second-order valence-electron chi connectivity index (χ2n) is 14.0. The lowest BCUT2D eigenvalue weighted by molar-refractivity contribution is -0.203. The molecule has 8 atom stereocenters. The molecule has 0 amide bonds. The molecule has 0 heterocycles. The van der Waals surface area contributed by atoms with Crippen molar-refractivity contribution in [3.63, 3.8) is 0 Å². The fraction of sp³-hybridized carbons (Fsp3) is 0.735. The summed E-state index contributed by atoms with van der Waals surface area (Å²) in [6.07, 6.45) is 5.84. The molecule has 4 aliphatic carbocycles. The third kappa shape index (κ3) is 4.55. The Bertz CT molecular complexity index is 1220. The number of allylic oxidation sites excluding steroid dienone is 2. The van der Waals surface area contributed by atoms with Gasteiger partial charge in [-0.25, -0.2) is 4.79 Å². The van der Waals surface area contributed by atoms with E-state index in [4.69, 9.17) is 9.47 Å². The van der Waals surface area contributed by atoms with Gasteiger partial charge in [0.05, 0.1) is 12.0 Å². The summed E-state index contributed by atoms with van der Waals surface area (Å²) in [4.78, 5) is 41.1. The minimum Gasteiger partial charge on any atom is -0.458 e. The Kier molecular flexibility index (Phi) is 8.80. The number of hydrogen-bond donors (Lipinski definition) is 3. The van der Waals surface area contributed by atoms with Gasteiger partial charge in [0, 0.05) is 29.2 Å². The van der Waals surface area contributed by atoms with Crippen molar-refractivity contribution < 1.29 is 39.2 Å². The first-order chi connectivity index (χ1) is 19.6. The summed E-state index contributed by atoms with van der Waals surface area (Å²) in [5.41, 5.74) is -3.74. The molecule has 0 radical (unpaired) electrons. The van der Waals surface area contributed by atoms with Crippen molar-refractivity contribution in [1.29, 1.82) is 0 Å². The summed E-state index contributed by atoms with van der Waals surface area (Å²) in [6, 6.07) is 0. The highest BCUT2D eigenvalue weighted by molar-refractivity contribution is 5.96. The lowest BCUT2D eigenvalue weighted by Crippen LogP contribution is -2.66. The predicted molar refractivity (Wildman–Crippen MR) is 158 cm³/mol. The molecule has 1 spiro atoms. The van der Waals surface area contributed by atoms with Crippen LogP contribution in [0.5, 0.6) is 0 Å². The van der Waals surface area contributed by atoms with Crippen molar-refractivity contribution in [2.24, 2.45) is 28.6 Å². The lowest BCUT2D eigenvalue weighted by Gasteiger charge is -2.49. The van der Waals surface area contributed by atoms with Gasteiger partial charge in [-0.15, -0.1) is 0 Å². The van der Waals surface area contributed by atoms with Gasteiger partial charge in [0.2, 0.25) is 0 Å². The number of ketones is 1. The second-order valence-corrected chi connectivity index (χ2v) is 14.0. The molecule has 4 rings (SSSR count). The molecule has 0 aliphatic heterocycles. The van der Waals surface area contributed by atoms with E-state index < -0.39 is 64.6 Å². The molecule has 42 heavy (non-hydrogen) atoms. The van der Waals surface area contributed by atoms with Crippen LogP contribution < -0.4 is 0 Å². The molecule has 0 aromatic carbocycles. The number of rotatable bonds is 10. The molecule has 2 saturated carbocycles. The van der Waals surface area contributed by atoms with E-state index in [1.165, 1.54) is 0 Å². The van der Waals surface area contributed by atoms with Crippen molar-refractivity contribution in [2.75, 3.05) is 6.61 Å². The quantitative estimate of drug-likeness (QED) is 0.145. The first-order valence-electron chi connectivity index (χ1n) is 15.6. The normalized spacial score (nSPS) is 37.8. The van der Waals surface area contributed by atoms with Gasteiger partial charge in [-0.3, -0.25) is 9.59 Å². The van der Waals surface area contributed by atoms with E-state index in [1.54, 1.807) is 39.8 Å². The van der Waals surface area contributed by atoms with Crippen LogP contribution in [0.15, 0.2) is 34.4 Å². The van der Waals surface area contributed by atoms with Crippen molar-refractivity contribution in [2.45, 2.75) is 124 Å². The summed E-state index contributed by atoms with van der Waals surface area (Å²) in [6.45, 7) is 14.2. The topological polar surface area (TPSA) is 130 Å². The SMILES string of the molecule is CCCCCCCC(=O)O[C@@]12CC(C)C34C=C(C)[C@H](OC(=O)C(C)=C(C)C)[C@@]3(O)[C@H](O)C(CO)=C[C@H](C4=O)[C@@H]1C2(C)C. The largest absolute Gasteiger partial charge is 0.458 e. The van der Waals surface area contributed by atoms with E-state index in [1.807, 2.05) is 20.8 Å². The lowest BCUT2D eigenvalue weighted by atomic mass is 9.59. The van der Waals surface area contributed by atoms with Crippen molar-refractivity contribution in [3.05, 3.63) is 34.4 Å². The smallest absolute Gasteiger partial charge is 0.334 e. The molecule has 2 bridgehead atoms. The Hall–Kier alpha value is -2.29. The van der Waals surface area contributed by atoms with Crippen LogP contribution in [-0.4, -0.2) is 63.1 Å². The third-order valence-corrected chi connectivity index (χ3v) is 11.1. The number of Topliss-reactive ketones (excluding diaryl/α,β-unsaturated/α-hetero) is 1. The van der Waals surface area contributed by atoms with Gasteiger partial charge in [-0.05, 0) is 57.6 Å². The predicted octanol–water partition coefficient (Wildman–Crippen LogP) is 4.75. The summed E-state index contributed by atoms with van der Waals surface area (Å²) in [7, 11) is 0. The fourth-order valence-corrected chi connectivity index (χ4v) is 8.42. The summed E-state index contributed by atoms with van der Waals surface area (Å²) in [5.74, 6) is -3.08. The minimum absolute atomic E-state index is 0.0914. The van der Waals surface area contributed by atoms with Crippen LogP contribution in [0.4, 0.5) is 0 Å². The van der Waals surface area contributed by atoms with Crippen LogP contribution in [0.1, 0.15) is 100 Å². The van der Waals surface area contributed by atoms with Gasteiger partial charge in [0.15, 0.2) is 17.5 Å². The molecule has 3 N–H and O–H groups in total. The van der Waals surface area contributed by atoms with Gasteiger partial charge in [-0.1, -0.05) is 71.1 Å². The Balaban J connectivity index is 1.77. The van der Waals surface area contributed by atoms with Crippen molar-refractivity contribution in [3.8, 4) is 0 Å². The molecule has 0 aromatic heterocycles. The fourth-order valence-electron chi connectivity index (χ4n) is 8.42. The Morgan fingerprint density at radius 1 is 1.10 bits per heavy atom. The maximum atomic E-state index is 14.8. The number of hydrogen-bond acceptors (Lipinski definition) is 8. The summed E-state index contributed by atoms with van der Waals surface area (Å²) in [5, 5.41) is 34.8. The number of esters is 2. The Labute approximate surface area is 250 Å². The molecule has 0 saturated heterocycles. The number of unbranched alkanes of at least 4 members (excludes halogenated alkanes) is 4. The highest BCUT2D eigenvalue weighted by Crippen LogP contribution is 2.75. The van der Waals surface area contributed by atoms with E-state index in [2.05, 4.69) is 6.92 Å². The zero-order chi connectivity index (χ0) is 31.4. The maximum Gasteiger partial charge on any atom is 0.334 e. The highest BCUT2D eigenvalue weighted by Gasteiger charge is 2.83. The van der Waals surface area contributed by atoms with Crippen molar-refractivity contribution >= 4 is 17.7 Å². The molecule has 8 heteroatoms. The van der Waals surface area contributed by atoms with Gasteiger partial charge >= 0.3 is 11.9 Å². The Morgan fingerprint density at radius 3 is 2.33 bits per heavy atom. The number of carbonyl (C=O) groups excluding carboxylic acids is 3. The Morgan fingerprint density at radius 2 is 1.74 bits per heavy atom. The standard InChI is InChI=1S/C34H50O8/c1-9-10-11-12-13-14-25(36)42-33-17-21(5)32-16-20(4)29(41-30(39)22(6)19(2)3)34(32,40)27(37)23(18-35)15-24(28(32)38)26(33)31(33,7)8/h15-16,21,24,26-27,29,35,37,40H,9-14,17-18H2,1-8H3/t21?,24-,26+,27+,29-,32?,33-,34-/m0/s1. The van der Waals surface area contributed by atoms with Crippen LogP contribution in [0.3, 0.4) is 0 Å². The molecular weight excluding hydrogens is 536 g/mol. The number of fused-ring (bicyclic) bond motifs is 3. The van der Waals surface area contributed by atoms with Crippen LogP contribution in [0.2, 0.25) is 0 Å². The van der Waals surface area contributed by atoms with E-state index >= 15 is 0 Å². The third-order valence-electron chi connectivity index (χ3n) is 11.1. The molecular formula is C34H50O8. The van der Waals surface area contributed by atoms with E-state index in [0.29, 0.717) is 24.0 Å². The van der Waals surface area contributed by atoms with Gasteiger partial charge in [0.25, 0.3) is 0 Å². The molecule has 4 aliphatic rings. The van der Waals surface area contributed by atoms with Crippen LogP contribution >= 0.6 is 0 Å². The van der Waals surface area contributed by atoms with Gasteiger partial charge in [-0.2, -0.15) is 0 Å². The molecule has 234 valence electrons. The van der Waals surface area contributed by atoms with Gasteiger partial charge in [0.1, 0.15) is 11.7 Å². The van der Waals surface area contributed by atoms with E-state index in [9.17, 15) is 29.7 Å². The van der Waals surface area contributed by atoms with E-state index in [-0.39, 0.29) is 17.3 Å². The number of carbonyl (C=O) groups is 3. The summed E-state index contributed by atoms with van der Waals surface area (Å²) < 4.78 is 12.2. The first kappa shape index (κ1) is 32.6. The van der Waals surface area contributed by atoms with Crippen LogP contribution in [0.25, 0.3) is 0 Å². The number of ether oxygens (including phenoxy) is 2. The zero-order valence-electron chi connectivity index (χ0n) is 26.6. The average molecular weight is 587 g/mol. The first-order valence-corrected chi connectivity index (χ1v) is 15.6. The van der Waals surface area contributed by atoms with Crippen LogP contribution in [0, 0.1) is 28.6 Å². The minimum atomic E-state index is -2.26. The average Bonchev–Trinajstić information content (AvgIpc) is 3.32. The molecule has 8 nitrogen and oxygen atoms in total. The summed E-state index contributed by atoms with van der Waals surface area (Å²) >= 11 is 0. The van der Waals surface area contributed by atoms with Crippen LogP contribution in [-0.2, 0) is 23.9 Å². The zero-order valence-corrected chi connectivity index (χ0v) is 26.6. The molecule has 2 unspecified atom stereocenters. The number of aliphatic hydroxyl groups excluding tert-OH is 2. The maximum absolute atomic E-state index is 14.8. The highest BCUT2D eigenvalue weighted by atomic mass is 16.6. The second kappa shape index (κ2) is 11.3. The van der Waals surface area contributed by atoms with E-state index in [0.717, 1.165) is 37.7 Å². The number of aliphatic hydroxyl groups is 3.